The average Bonchev–Trinajstić information content (AvgIpc) is 3.21. The number of piperidine rings is 1. The Bertz CT molecular complexity index is 496. The van der Waals surface area contributed by atoms with Gasteiger partial charge in [-0.3, -0.25) is 0 Å². The van der Waals surface area contributed by atoms with Crippen LogP contribution in [0.2, 0.25) is 0 Å². The predicted octanol–water partition coefficient (Wildman–Crippen LogP) is 1.43. The van der Waals surface area contributed by atoms with E-state index in [1.54, 1.807) is 0 Å². The third-order valence-corrected chi connectivity index (χ3v) is 5.09. The molecule has 108 valence electrons. The van der Waals surface area contributed by atoms with E-state index in [0.29, 0.717) is 0 Å². The second-order valence-corrected chi connectivity index (χ2v) is 6.52. The molecule has 1 aliphatic carbocycles. The Balaban J connectivity index is 1.54. The summed E-state index contributed by atoms with van der Waals surface area (Å²) in [6.07, 6.45) is 7.78. The van der Waals surface area contributed by atoms with Crippen LogP contribution in [0.15, 0.2) is 12.3 Å². The highest BCUT2D eigenvalue weighted by molar-refractivity contribution is 5.46. The van der Waals surface area contributed by atoms with Gasteiger partial charge in [-0.2, -0.15) is 4.98 Å². The summed E-state index contributed by atoms with van der Waals surface area (Å²) in [5.41, 5.74) is 0.177. The molecule has 1 aromatic rings. The zero-order chi connectivity index (χ0) is 13.6. The molecule has 1 unspecified atom stereocenters. The van der Waals surface area contributed by atoms with Crippen molar-refractivity contribution in [2.24, 2.45) is 5.41 Å². The summed E-state index contributed by atoms with van der Waals surface area (Å²) in [5.74, 6) is 1.83. The molecular weight excluding hydrogens is 252 g/mol. The first-order chi connectivity index (χ1) is 9.77. The molecular formula is C15H22N4O. The molecule has 4 rings (SSSR count). The molecule has 2 saturated heterocycles. The van der Waals surface area contributed by atoms with Crippen LogP contribution in [0.4, 0.5) is 11.8 Å². The smallest absolute Gasteiger partial charge is 0.227 e. The Morgan fingerprint density at radius 3 is 2.65 bits per heavy atom. The fraction of sp³-hybridized carbons (Fsp3) is 0.733. The fourth-order valence-electron chi connectivity index (χ4n) is 3.54. The van der Waals surface area contributed by atoms with Crippen molar-refractivity contribution in [2.75, 3.05) is 36.0 Å². The minimum Gasteiger partial charge on any atom is -0.391 e. The summed E-state index contributed by atoms with van der Waals surface area (Å²) in [4.78, 5) is 13.7. The van der Waals surface area contributed by atoms with Crippen molar-refractivity contribution in [3.63, 3.8) is 0 Å². The quantitative estimate of drug-likeness (QED) is 0.884. The van der Waals surface area contributed by atoms with Crippen LogP contribution in [0.5, 0.6) is 0 Å². The number of anilines is 2. The average molecular weight is 274 g/mol. The maximum atomic E-state index is 10.2. The predicted molar refractivity (Wildman–Crippen MR) is 78.0 cm³/mol. The Morgan fingerprint density at radius 2 is 1.95 bits per heavy atom. The standard InChI is InChI=1S/C15H22N4O/c20-12-10-19(11-15(12)5-6-15)13-4-7-16-14(17-13)18-8-2-1-3-9-18/h4,7,12,20H,1-3,5-6,8-11H2. The van der Waals surface area contributed by atoms with Gasteiger partial charge in [-0.1, -0.05) is 0 Å². The van der Waals surface area contributed by atoms with E-state index in [0.717, 1.165) is 50.8 Å². The van der Waals surface area contributed by atoms with Gasteiger partial charge in [0.25, 0.3) is 0 Å². The topological polar surface area (TPSA) is 52.5 Å². The number of hydrogen-bond acceptors (Lipinski definition) is 5. The van der Waals surface area contributed by atoms with Crippen LogP contribution in [0.3, 0.4) is 0 Å². The maximum absolute atomic E-state index is 10.2. The number of β-amino-alcohol motifs (C(OH)–C–C–N with tert-alkyl or cyclic N) is 1. The molecule has 3 heterocycles. The largest absolute Gasteiger partial charge is 0.391 e. The highest BCUT2D eigenvalue weighted by Gasteiger charge is 2.54. The van der Waals surface area contributed by atoms with E-state index in [9.17, 15) is 5.11 Å². The lowest BCUT2D eigenvalue weighted by atomic mass is 10.0. The van der Waals surface area contributed by atoms with E-state index >= 15 is 0 Å². The lowest BCUT2D eigenvalue weighted by Crippen LogP contribution is -2.31. The Labute approximate surface area is 119 Å². The van der Waals surface area contributed by atoms with Crippen molar-refractivity contribution >= 4 is 11.8 Å². The minimum atomic E-state index is -0.184. The summed E-state index contributed by atoms with van der Waals surface area (Å²) in [6, 6.07) is 1.97. The molecule has 1 saturated carbocycles. The molecule has 5 nitrogen and oxygen atoms in total. The lowest BCUT2D eigenvalue weighted by molar-refractivity contribution is 0.136. The van der Waals surface area contributed by atoms with Crippen LogP contribution in [-0.4, -0.2) is 47.4 Å². The molecule has 2 aliphatic heterocycles. The highest BCUT2D eigenvalue weighted by atomic mass is 16.3. The second-order valence-electron chi connectivity index (χ2n) is 6.52. The Kier molecular flexibility index (Phi) is 2.84. The van der Waals surface area contributed by atoms with Crippen molar-refractivity contribution in [1.82, 2.24) is 9.97 Å². The zero-order valence-corrected chi connectivity index (χ0v) is 11.8. The van der Waals surface area contributed by atoms with Crippen LogP contribution in [0.1, 0.15) is 32.1 Å². The Morgan fingerprint density at radius 1 is 1.15 bits per heavy atom. The van der Waals surface area contributed by atoms with Crippen molar-refractivity contribution in [3.8, 4) is 0 Å². The molecule has 0 amide bonds. The van der Waals surface area contributed by atoms with E-state index in [1.165, 1.54) is 19.3 Å². The van der Waals surface area contributed by atoms with Crippen molar-refractivity contribution in [3.05, 3.63) is 12.3 Å². The first-order valence-corrected chi connectivity index (χ1v) is 7.78. The normalized spacial score (nSPS) is 28.1. The molecule has 0 aromatic carbocycles. The third kappa shape index (κ3) is 2.04. The monoisotopic (exact) mass is 274 g/mol. The SMILES string of the molecule is OC1CN(c2ccnc(N3CCCCC3)n2)CC12CC2. The number of aliphatic hydroxyl groups excluding tert-OH is 1. The molecule has 1 spiro atoms. The van der Waals surface area contributed by atoms with Gasteiger partial charge in [0.05, 0.1) is 6.10 Å². The van der Waals surface area contributed by atoms with E-state index in [-0.39, 0.29) is 11.5 Å². The van der Waals surface area contributed by atoms with Gasteiger partial charge in [0.2, 0.25) is 5.95 Å². The van der Waals surface area contributed by atoms with Crippen LogP contribution in [-0.2, 0) is 0 Å². The fourth-order valence-corrected chi connectivity index (χ4v) is 3.54. The van der Waals surface area contributed by atoms with Crippen LogP contribution >= 0.6 is 0 Å². The summed E-state index contributed by atoms with van der Waals surface area (Å²) in [7, 11) is 0. The molecule has 1 aromatic heterocycles. The van der Waals surface area contributed by atoms with Crippen molar-refractivity contribution < 1.29 is 5.11 Å². The summed E-state index contributed by atoms with van der Waals surface area (Å²) < 4.78 is 0. The van der Waals surface area contributed by atoms with Gasteiger partial charge in [0.1, 0.15) is 5.82 Å². The Hall–Kier alpha value is -1.36. The van der Waals surface area contributed by atoms with Gasteiger partial charge in [0.15, 0.2) is 0 Å². The van der Waals surface area contributed by atoms with Crippen LogP contribution < -0.4 is 9.80 Å². The molecule has 3 aliphatic rings. The number of aliphatic hydroxyl groups is 1. The van der Waals surface area contributed by atoms with Gasteiger partial charge in [-0.25, -0.2) is 4.98 Å². The molecule has 1 N–H and O–H groups in total. The minimum absolute atomic E-state index is 0.177. The lowest BCUT2D eigenvalue weighted by Gasteiger charge is -2.27. The molecule has 5 heteroatoms. The van der Waals surface area contributed by atoms with Crippen molar-refractivity contribution in [1.29, 1.82) is 0 Å². The van der Waals surface area contributed by atoms with E-state index < -0.39 is 0 Å². The summed E-state index contributed by atoms with van der Waals surface area (Å²) in [6.45, 7) is 3.80. The van der Waals surface area contributed by atoms with Gasteiger partial charge in [-0.15, -0.1) is 0 Å². The molecule has 1 atom stereocenters. The first-order valence-electron chi connectivity index (χ1n) is 7.78. The number of hydrogen-bond donors (Lipinski definition) is 1. The zero-order valence-electron chi connectivity index (χ0n) is 11.8. The molecule has 0 radical (unpaired) electrons. The number of nitrogens with zero attached hydrogens (tertiary/aromatic N) is 4. The van der Waals surface area contributed by atoms with Crippen LogP contribution in [0.25, 0.3) is 0 Å². The van der Waals surface area contributed by atoms with Crippen LogP contribution in [0, 0.1) is 5.41 Å². The van der Waals surface area contributed by atoms with E-state index in [4.69, 9.17) is 4.98 Å². The van der Waals surface area contributed by atoms with Gasteiger partial charge in [0, 0.05) is 37.8 Å². The summed E-state index contributed by atoms with van der Waals surface area (Å²) >= 11 is 0. The first kappa shape index (κ1) is 12.4. The number of rotatable bonds is 2. The van der Waals surface area contributed by atoms with E-state index in [2.05, 4.69) is 14.8 Å². The highest BCUT2D eigenvalue weighted by Crippen LogP contribution is 2.53. The molecule has 20 heavy (non-hydrogen) atoms. The molecule has 0 bridgehead atoms. The van der Waals surface area contributed by atoms with Crippen molar-refractivity contribution in [2.45, 2.75) is 38.2 Å². The maximum Gasteiger partial charge on any atom is 0.227 e. The second kappa shape index (κ2) is 4.58. The molecule has 3 fully saturated rings. The van der Waals surface area contributed by atoms with Gasteiger partial charge >= 0.3 is 0 Å². The van der Waals surface area contributed by atoms with Gasteiger partial charge in [-0.05, 0) is 38.2 Å². The number of aromatic nitrogens is 2. The van der Waals surface area contributed by atoms with Gasteiger partial charge < -0.3 is 14.9 Å². The van der Waals surface area contributed by atoms with E-state index in [1.807, 2.05) is 12.3 Å². The third-order valence-electron chi connectivity index (χ3n) is 5.09. The summed E-state index contributed by atoms with van der Waals surface area (Å²) in [5, 5.41) is 10.2.